The van der Waals surface area contributed by atoms with Gasteiger partial charge in [0.25, 0.3) is 5.91 Å². The second-order valence-electron chi connectivity index (χ2n) is 7.78. The number of carbonyl (C=O) groups excluding carboxylic acids is 2. The second kappa shape index (κ2) is 5.76. The van der Waals surface area contributed by atoms with E-state index in [2.05, 4.69) is 0 Å². The Morgan fingerprint density at radius 3 is 2.87 bits per heavy atom. The Morgan fingerprint density at radius 1 is 1.23 bits per heavy atom. The van der Waals surface area contributed by atoms with Crippen molar-refractivity contribution in [2.24, 2.45) is 0 Å². The molecule has 0 saturated carbocycles. The summed E-state index contributed by atoms with van der Waals surface area (Å²) < 4.78 is 15.7. The van der Waals surface area contributed by atoms with Crippen LogP contribution in [0, 0.1) is 0 Å². The van der Waals surface area contributed by atoms with E-state index in [0.717, 1.165) is 11.3 Å². The van der Waals surface area contributed by atoms with Gasteiger partial charge in [0, 0.05) is 17.7 Å². The van der Waals surface area contributed by atoms with Crippen LogP contribution in [-0.4, -0.2) is 48.0 Å². The van der Waals surface area contributed by atoms with Crippen LogP contribution in [0.5, 0.6) is 11.5 Å². The molecule has 2 saturated heterocycles. The number of anilines is 1. The summed E-state index contributed by atoms with van der Waals surface area (Å²) in [7, 11) is 1.29. The van der Waals surface area contributed by atoms with Crippen molar-refractivity contribution in [2.45, 2.75) is 24.2 Å². The fourth-order valence-corrected chi connectivity index (χ4v) is 5.04. The summed E-state index contributed by atoms with van der Waals surface area (Å²) in [6.07, 6.45) is 1.16. The molecule has 30 heavy (non-hydrogen) atoms. The smallest absolute Gasteiger partial charge is 0.328 e. The lowest BCUT2D eigenvalue weighted by molar-refractivity contribution is -0.149. The zero-order valence-electron chi connectivity index (χ0n) is 16.1. The Labute approximate surface area is 171 Å². The molecule has 0 spiro atoms. The summed E-state index contributed by atoms with van der Waals surface area (Å²) in [4.78, 5) is 29.1. The number of para-hydroxylation sites is 1. The molecule has 6 rings (SSSR count). The molecule has 0 aliphatic carbocycles. The van der Waals surface area contributed by atoms with Gasteiger partial charge < -0.3 is 24.2 Å². The van der Waals surface area contributed by atoms with Gasteiger partial charge in [-0.25, -0.2) is 4.79 Å². The molecule has 1 N–H and O–H groups in total. The number of esters is 1. The molecule has 8 nitrogen and oxygen atoms in total. The molecule has 8 heteroatoms. The monoisotopic (exact) mass is 406 g/mol. The van der Waals surface area contributed by atoms with E-state index in [1.807, 2.05) is 35.2 Å². The van der Waals surface area contributed by atoms with E-state index in [4.69, 9.17) is 14.2 Å². The SMILES string of the molecule is COC(=O)[C@@H]1C[C@@]2(O)c3ccccc3N3/C(=C\c4ccc5c(c4)OCO5)C(=O)N1[C@H]32. The number of hydrogen-bond donors (Lipinski definition) is 1. The first-order valence-corrected chi connectivity index (χ1v) is 9.66. The summed E-state index contributed by atoms with van der Waals surface area (Å²) >= 11 is 0. The molecule has 0 unspecified atom stereocenters. The summed E-state index contributed by atoms with van der Waals surface area (Å²) in [5.74, 6) is 0.412. The van der Waals surface area contributed by atoms with Crippen molar-refractivity contribution in [3.8, 4) is 11.5 Å². The maximum atomic E-state index is 13.4. The third-order valence-electron chi connectivity index (χ3n) is 6.29. The van der Waals surface area contributed by atoms with Crippen molar-refractivity contribution >= 4 is 23.6 Å². The Kier molecular flexibility index (Phi) is 3.33. The lowest BCUT2D eigenvalue weighted by Gasteiger charge is -2.26. The molecule has 4 aliphatic heterocycles. The average Bonchev–Trinajstić information content (AvgIpc) is 3.47. The van der Waals surface area contributed by atoms with Crippen LogP contribution in [0.1, 0.15) is 17.5 Å². The molecular formula is C22H18N2O6. The molecule has 1 amide bonds. The average molecular weight is 406 g/mol. The minimum absolute atomic E-state index is 0.0981. The standard InChI is InChI=1S/C22H18N2O6/c1-28-20(26)16-10-22(27)13-4-2-3-5-14(13)23-15(19(25)24(16)21(22)23)8-12-6-7-17-18(9-12)30-11-29-17/h2-9,16,21,27H,10-11H2,1H3/b15-8-/t16-,21-,22+/m0/s1. The van der Waals surface area contributed by atoms with Gasteiger partial charge in [0.05, 0.1) is 7.11 Å². The highest BCUT2D eigenvalue weighted by Crippen LogP contribution is 2.57. The number of rotatable bonds is 2. The Bertz CT molecular complexity index is 1140. The minimum atomic E-state index is -1.35. The van der Waals surface area contributed by atoms with Crippen molar-refractivity contribution < 1.29 is 28.9 Å². The largest absolute Gasteiger partial charge is 0.467 e. The lowest BCUT2D eigenvalue weighted by atomic mass is 9.91. The number of carbonyl (C=O) groups is 2. The third kappa shape index (κ3) is 2.03. The summed E-state index contributed by atoms with van der Waals surface area (Å²) in [6, 6.07) is 12.0. The Hall–Kier alpha value is -3.52. The number of fused-ring (bicyclic) bond motifs is 4. The topological polar surface area (TPSA) is 88.5 Å². The van der Waals surface area contributed by atoms with Crippen molar-refractivity contribution in [3.63, 3.8) is 0 Å². The van der Waals surface area contributed by atoms with Crippen molar-refractivity contribution in [2.75, 3.05) is 18.8 Å². The van der Waals surface area contributed by atoms with Gasteiger partial charge in [-0.3, -0.25) is 9.69 Å². The van der Waals surface area contributed by atoms with Crippen LogP contribution in [0.2, 0.25) is 0 Å². The van der Waals surface area contributed by atoms with E-state index in [0.29, 0.717) is 22.8 Å². The number of benzene rings is 2. The number of methoxy groups -OCH3 is 1. The van der Waals surface area contributed by atoms with Crippen LogP contribution in [0.3, 0.4) is 0 Å². The van der Waals surface area contributed by atoms with Gasteiger partial charge in [-0.05, 0) is 29.8 Å². The first kappa shape index (κ1) is 17.3. The maximum absolute atomic E-state index is 13.4. The minimum Gasteiger partial charge on any atom is -0.467 e. The van der Waals surface area contributed by atoms with Crippen LogP contribution >= 0.6 is 0 Å². The van der Waals surface area contributed by atoms with E-state index in [1.54, 1.807) is 18.2 Å². The first-order chi connectivity index (χ1) is 14.5. The number of aliphatic hydroxyl groups is 1. The number of amides is 1. The van der Waals surface area contributed by atoms with E-state index in [-0.39, 0.29) is 19.1 Å². The van der Waals surface area contributed by atoms with Gasteiger partial charge in [0.2, 0.25) is 6.79 Å². The molecule has 4 aliphatic rings. The molecule has 0 radical (unpaired) electrons. The fourth-order valence-electron chi connectivity index (χ4n) is 5.04. The second-order valence-corrected chi connectivity index (χ2v) is 7.78. The number of ether oxygens (including phenoxy) is 3. The summed E-state index contributed by atoms with van der Waals surface area (Å²) in [5.41, 5.74) is 1.25. The highest BCUT2D eigenvalue weighted by atomic mass is 16.7. The van der Waals surface area contributed by atoms with Gasteiger partial charge in [-0.15, -0.1) is 0 Å². The number of hydrogen-bond acceptors (Lipinski definition) is 7. The zero-order chi connectivity index (χ0) is 20.6. The maximum Gasteiger partial charge on any atom is 0.328 e. The van der Waals surface area contributed by atoms with E-state index in [9.17, 15) is 14.7 Å². The molecule has 0 aromatic heterocycles. The number of nitrogens with zero attached hydrogens (tertiary/aromatic N) is 2. The predicted molar refractivity (Wildman–Crippen MR) is 104 cm³/mol. The molecule has 4 heterocycles. The van der Waals surface area contributed by atoms with Gasteiger partial charge in [0.15, 0.2) is 11.5 Å². The van der Waals surface area contributed by atoms with Crippen molar-refractivity contribution in [1.29, 1.82) is 0 Å². The van der Waals surface area contributed by atoms with E-state index >= 15 is 0 Å². The van der Waals surface area contributed by atoms with Crippen LogP contribution in [0.15, 0.2) is 48.2 Å². The normalized spacial score (nSPS) is 28.9. The van der Waals surface area contributed by atoms with E-state index in [1.165, 1.54) is 12.0 Å². The molecule has 152 valence electrons. The predicted octanol–water partition coefficient (Wildman–Crippen LogP) is 1.58. The lowest BCUT2D eigenvalue weighted by Crippen LogP contribution is -2.45. The molecule has 2 aromatic rings. The highest BCUT2D eigenvalue weighted by molar-refractivity contribution is 6.08. The van der Waals surface area contributed by atoms with Crippen LogP contribution in [-0.2, 0) is 19.9 Å². The van der Waals surface area contributed by atoms with Crippen molar-refractivity contribution in [3.05, 3.63) is 59.3 Å². The van der Waals surface area contributed by atoms with E-state index < -0.39 is 23.8 Å². The van der Waals surface area contributed by atoms with Gasteiger partial charge >= 0.3 is 5.97 Å². The molecule has 3 atom stereocenters. The van der Waals surface area contributed by atoms with Gasteiger partial charge in [-0.2, -0.15) is 0 Å². The zero-order valence-corrected chi connectivity index (χ0v) is 16.1. The van der Waals surface area contributed by atoms with Crippen LogP contribution < -0.4 is 14.4 Å². The first-order valence-electron chi connectivity index (χ1n) is 9.66. The van der Waals surface area contributed by atoms with Crippen LogP contribution in [0.25, 0.3) is 6.08 Å². The Morgan fingerprint density at radius 2 is 2.03 bits per heavy atom. The molecule has 2 fully saturated rings. The van der Waals surface area contributed by atoms with Gasteiger partial charge in [0.1, 0.15) is 23.5 Å². The van der Waals surface area contributed by atoms with Crippen LogP contribution in [0.4, 0.5) is 5.69 Å². The van der Waals surface area contributed by atoms with Gasteiger partial charge in [-0.1, -0.05) is 24.3 Å². The summed E-state index contributed by atoms with van der Waals surface area (Å²) in [6.45, 7) is 0.164. The fraction of sp³-hybridized carbons (Fsp3) is 0.273. The third-order valence-corrected chi connectivity index (χ3v) is 6.29. The highest BCUT2D eigenvalue weighted by Gasteiger charge is 2.68. The van der Waals surface area contributed by atoms with Crippen molar-refractivity contribution in [1.82, 2.24) is 4.90 Å². The molecule has 0 bridgehead atoms. The quantitative estimate of drug-likeness (QED) is 0.598. The summed E-state index contributed by atoms with van der Waals surface area (Å²) in [5, 5.41) is 11.6. The molecule has 2 aromatic carbocycles. The Balaban J connectivity index is 1.52. The molecular weight excluding hydrogens is 388 g/mol.